The molecule has 0 radical (unpaired) electrons. The first-order valence-corrected chi connectivity index (χ1v) is 4.69. The summed E-state index contributed by atoms with van der Waals surface area (Å²) in [6.45, 7) is 1.22. The molecule has 0 bridgehead atoms. The Morgan fingerprint density at radius 3 is 2.56 bits per heavy atom. The van der Waals surface area contributed by atoms with Crippen molar-refractivity contribution in [1.82, 2.24) is 0 Å². The fraction of sp³-hybridized carbons (Fsp3) is 0.100. The summed E-state index contributed by atoms with van der Waals surface area (Å²) in [4.78, 5) is 10.6. The minimum absolute atomic E-state index is 0.404. The molecule has 1 aromatic rings. The van der Waals surface area contributed by atoms with Gasteiger partial charge in [0.2, 0.25) is 5.70 Å². The molecular weight excluding hydrogens is 232 g/mol. The quantitative estimate of drug-likeness (QED) is 0.483. The third-order valence-electron chi connectivity index (χ3n) is 1.62. The molecule has 0 aliphatic heterocycles. The van der Waals surface area contributed by atoms with Crippen LogP contribution in [-0.4, -0.2) is 16.2 Å². The van der Waals surface area contributed by atoms with E-state index in [-0.39, 0.29) is 0 Å². The highest BCUT2D eigenvalue weighted by molar-refractivity contribution is 6.30. The Labute approximate surface area is 96.7 Å². The monoisotopic (exact) mass is 240 g/mol. The van der Waals surface area contributed by atoms with E-state index in [0.717, 1.165) is 0 Å². The Balaban J connectivity index is 2.96. The van der Waals surface area contributed by atoms with E-state index in [1.165, 1.54) is 13.0 Å². The number of azo groups is 1. The summed E-state index contributed by atoms with van der Waals surface area (Å²) in [6.07, 6.45) is 0. The molecule has 0 aliphatic carbocycles. The standard InChI is InChI=1S/C10H9ClN2O3/c1-6(14)9(10(15)16)13-12-8-4-2-3-7(11)5-8/h2-5,14H,1H3,(H,15,16). The number of carbonyl (C=O) groups is 1. The molecule has 1 aromatic carbocycles. The molecule has 0 unspecified atom stereocenters. The van der Waals surface area contributed by atoms with Crippen molar-refractivity contribution in [3.05, 3.63) is 40.7 Å². The van der Waals surface area contributed by atoms with Gasteiger partial charge >= 0.3 is 5.97 Å². The van der Waals surface area contributed by atoms with Crippen molar-refractivity contribution in [2.45, 2.75) is 6.92 Å². The van der Waals surface area contributed by atoms with Gasteiger partial charge in [0.25, 0.3) is 0 Å². The lowest BCUT2D eigenvalue weighted by atomic mass is 10.3. The second kappa shape index (κ2) is 5.27. The maximum Gasteiger partial charge on any atom is 0.359 e. The van der Waals surface area contributed by atoms with Crippen LogP contribution in [0, 0.1) is 0 Å². The van der Waals surface area contributed by atoms with Crippen LogP contribution in [0.5, 0.6) is 0 Å². The van der Waals surface area contributed by atoms with Crippen molar-refractivity contribution in [2.75, 3.05) is 0 Å². The summed E-state index contributed by atoms with van der Waals surface area (Å²) in [5, 5.41) is 25.3. The largest absolute Gasteiger partial charge is 0.510 e. The molecule has 0 aliphatic rings. The number of nitrogens with zero attached hydrogens (tertiary/aromatic N) is 2. The van der Waals surface area contributed by atoms with Crippen molar-refractivity contribution >= 4 is 23.3 Å². The number of allylic oxidation sites excluding steroid dienone is 1. The van der Waals surface area contributed by atoms with Crippen molar-refractivity contribution in [3.8, 4) is 0 Å². The average Bonchev–Trinajstić information content (AvgIpc) is 2.16. The number of aliphatic carboxylic acids is 1. The first-order valence-electron chi connectivity index (χ1n) is 4.31. The van der Waals surface area contributed by atoms with Crippen LogP contribution in [0.1, 0.15) is 6.92 Å². The zero-order chi connectivity index (χ0) is 12.1. The number of carboxylic acid groups (broad SMARTS) is 1. The Bertz CT molecular complexity index is 465. The summed E-state index contributed by atoms with van der Waals surface area (Å²) >= 11 is 5.71. The minimum atomic E-state index is -1.34. The predicted molar refractivity (Wildman–Crippen MR) is 58.9 cm³/mol. The van der Waals surface area contributed by atoms with Gasteiger partial charge in [-0.15, -0.1) is 5.11 Å². The van der Waals surface area contributed by atoms with E-state index in [4.69, 9.17) is 21.8 Å². The van der Waals surface area contributed by atoms with Gasteiger partial charge in [-0.25, -0.2) is 4.79 Å². The highest BCUT2D eigenvalue weighted by atomic mass is 35.5. The number of halogens is 1. The van der Waals surface area contributed by atoms with Gasteiger partial charge in [-0.05, 0) is 25.1 Å². The van der Waals surface area contributed by atoms with Gasteiger partial charge in [0.15, 0.2) is 0 Å². The van der Waals surface area contributed by atoms with Crippen molar-refractivity contribution in [2.24, 2.45) is 10.2 Å². The molecule has 16 heavy (non-hydrogen) atoms. The third kappa shape index (κ3) is 3.36. The third-order valence-corrected chi connectivity index (χ3v) is 1.85. The van der Waals surface area contributed by atoms with Crippen LogP contribution in [0.2, 0.25) is 5.02 Å². The number of hydrogen-bond acceptors (Lipinski definition) is 4. The van der Waals surface area contributed by atoms with Gasteiger partial charge in [-0.1, -0.05) is 17.7 Å². The van der Waals surface area contributed by atoms with Crippen molar-refractivity contribution < 1.29 is 15.0 Å². The van der Waals surface area contributed by atoms with Crippen molar-refractivity contribution in [1.29, 1.82) is 0 Å². The van der Waals surface area contributed by atoms with Gasteiger partial charge in [-0.2, -0.15) is 5.11 Å². The lowest BCUT2D eigenvalue weighted by Crippen LogP contribution is -2.00. The molecular formula is C10H9ClN2O3. The first-order chi connectivity index (χ1) is 7.50. The second-order valence-corrected chi connectivity index (χ2v) is 3.36. The van der Waals surface area contributed by atoms with E-state index in [2.05, 4.69) is 10.2 Å². The zero-order valence-corrected chi connectivity index (χ0v) is 9.14. The molecule has 0 spiro atoms. The molecule has 0 fully saturated rings. The Hall–Kier alpha value is -1.88. The van der Waals surface area contributed by atoms with Gasteiger partial charge in [0, 0.05) is 5.02 Å². The first kappa shape index (κ1) is 12.2. The summed E-state index contributed by atoms with van der Waals surface area (Å²) in [5.41, 5.74) is -0.0903. The fourth-order valence-corrected chi connectivity index (χ4v) is 1.10. The van der Waals surface area contributed by atoms with Crippen LogP contribution in [-0.2, 0) is 4.79 Å². The van der Waals surface area contributed by atoms with E-state index in [1.54, 1.807) is 18.2 Å². The van der Waals surface area contributed by atoms with Crippen LogP contribution >= 0.6 is 11.6 Å². The Morgan fingerprint density at radius 1 is 1.38 bits per heavy atom. The SMILES string of the molecule is CC(O)=C(N=Nc1cccc(Cl)c1)C(=O)O. The van der Waals surface area contributed by atoms with Crippen LogP contribution in [0.3, 0.4) is 0 Å². The normalized spacial score (nSPS) is 12.6. The summed E-state index contributed by atoms with van der Waals surface area (Å²) in [6, 6.07) is 6.46. The number of carboxylic acids is 1. The minimum Gasteiger partial charge on any atom is -0.510 e. The van der Waals surface area contributed by atoms with E-state index >= 15 is 0 Å². The maximum absolute atomic E-state index is 10.6. The number of aliphatic hydroxyl groups excluding tert-OH is 1. The number of hydrogen-bond donors (Lipinski definition) is 2. The highest BCUT2D eigenvalue weighted by Gasteiger charge is 2.09. The number of benzene rings is 1. The lowest BCUT2D eigenvalue weighted by Gasteiger charge is -1.96. The second-order valence-electron chi connectivity index (χ2n) is 2.92. The van der Waals surface area contributed by atoms with E-state index in [1.807, 2.05) is 0 Å². The Morgan fingerprint density at radius 2 is 2.06 bits per heavy atom. The summed E-state index contributed by atoms with van der Waals surface area (Å²) < 4.78 is 0. The van der Waals surface area contributed by atoms with Crippen LogP contribution < -0.4 is 0 Å². The molecule has 84 valence electrons. The zero-order valence-electron chi connectivity index (χ0n) is 8.38. The van der Waals surface area contributed by atoms with E-state index < -0.39 is 17.4 Å². The molecule has 1 rings (SSSR count). The molecule has 0 saturated heterocycles. The number of rotatable bonds is 3. The molecule has 0 amide bonds. The average molecular weight is 241 g/mol. The van der Waals surface area contributed by atoms with Gasteiger partial charge in [-0.3, -0.25) is 0 Å². The van der Waals surface area contributed by atoms with Crippen molar-refractivity contribution in [3.63, 3.8) is 0 Å². The van der Waals surface area contributed by atoms with Crippen LogP contribution in [0.25, 0.3) is 0 Å². The van der Waals surface area contributed by atoms with Crippen LogP contribution in [0.4, 0.5) is 5.69 Å². The molecule has 6 heteroatoms. The van der Waals surface area contributed by atoms with E-state index in [9.17, 15) is 4.79 Å². The highest BCUT2D eigenvalue weighted by Crippen LogP contribution is 2.19. The van der Waals surface area contributed by atoms with Crippen LogP contribution in [0.15, 0.2) is 46.0 Å². The fourth-order valence-electron chi connectivity index (χ4n) is 0.916. The Kier molecular flexibility index (Phi) is 4.02. The molecule has 0 aromatic heterocycles. The van der Waals surface area contributed by atoms with Gasteiger partial charge in [0.1, 0.15) is 5.76 Å². The number of aliphatic hydroxyl groups is 1. The molecule has 0 heterocycles. The maximum atomic E-state index is 10.6. The van der Waals surface area contributed by atoms with Gasteiger partial charge in [0.05, 0.1) is 5.69 Å². The van der Waals surface area contributed by atoms with E-state index in [0.29, 0.717) is 10.7 Å². The summed E-state index contributed by atoms with van der Waals surface area (Å²) in [7, 11) is 0. The smallest absolute Gasteiger partial charge is 0.359 e. The van der Waals surface area contributed by atoms with Gasteiger partial charge < -0.3 is 10.2 Å². The molecule has 0 saturated carbocycles. The lowest BCUT2D eigenvalue weighted by molar-refractivity contribution is -0.132. The molecule has 2 N–H and O–H groups in total. The predicted octanol–water partition coefficient (Wildman–Crippen LogP) is 3.30. The summed E-state index contributed by atoms with van der Waals surface area (Å²) in [5.74, 6) is -1.75. The molecule has 5 nitrogen and oxygen atoms in total. The molecule has 0 atom stereocenters. The topological polar surface area (TPSA) is 82.2 Å².